The van der Waals surface area contributed by atoms with Crippen LogP contribution in [-0.4, -0.2) is 17.1 Å². The van der Waals surface area contributed by atoms with Crippen LogP contribution in [0, 0.1) is 6.92 Å². The van der Waals surface area contributed by atoms with Crippen LogP contribution < -0.4 is 5.43 Å². The minimum atomic E-state index is -0.194. The van der Waals surface area contributed by atoms with Gasteiger partial charge in [-0.15, -0.1) is 11.3 Å². The standard InChI is InChI=1S/C19H17N3OS/c1-12-8-9-24-18(12)11-20-22-19(23)15-10-17(13-6-7-13)21-16-5-3-2-4-14(15)16/h2-5,8-11,13H,6-7H2,1H3,(H,22,23)/b20-11-. The Morgan fingerprint density at radius 1 is 1.33 bits per heavy atom. The smallest absolute Gasteiger partial charge is 0.267 e. The molecule has 0 unspecified atom stereocenters. The molecule has 2 aromatic heterocycles. The average molecular weight is 335 g/mol. The van der Waals surface area contributed by atoms with Crippen molar-refractivity contribution < 1.29 is 4.79 Å². The van der Waals surface area contributed by atoms with E-state index in [4.69, 9.17) is 4.98 Å². The number of hydrogen-bond donors (Lipinski definition) is 1. The number of carbonyl (C=O) groups is 1. The minimum Gasteiger partial charge on any atom is -0.267 e. The molecule has 1 amide bonds. The van der Waals surface area contributed by atoms with Gasteiger partial charge in [-0.1, -0.05) is 18.2 Å². The van der Waals surface area contributed by atoms with Crippen LogP contribution in [0.25, 0.3) is 10.9 Å². The fraction of sp³-hybridized carbons (Fsp3) is 0.211. The fourth-order valence-electron chi connectivity index (χ4n) is 2.70. The average Bonchev–Trinajstić information content (AvgIpc) is 3.37. The molecule has 0 atom stereocenters. The van der Waals surface area contributed by atoms with Crippen molar-refractivity contribution in [1.29, 1.82) is 0 Å². The lowest BCUT2D eigenvalue weighted by atomic mass is 10.1. The Bertz CT molecular complexity index is 941. The van der Waals surface area contributed by atoms with Crippen molar-refractivity contribution in [2.45, 2.75) is 25.7 Å². The molecule has 120 valence electrons. The summed E-state index contributed by atoms with van der Waals surface area (Å²) in [6.07, 6.45) is 4.01. The number of nitrogens with one attached hydrogen (secondary N) is 1. The van der Waals surface area contributed by atoms with E-state index in [2.05, 4.69) is 10.5 Å². The first-order valence-corrected chi connectivity index (χ1v) is 8.87. The highest BCUT2D eigenvalue weighted by molar-refractivity contribution is 7.11. The predicted octanol–water partition coefficient (Wildman–Crippen LogP) is 4.25. The number of benzene rings is 1. The molecule has 0 spiro atoms. The van der Waals surface area contributed by atoms with E-state index in [0.717, 1.165) is 39.9 Å². The number of pyridine rings is 1. The van der Waals surface area contributed by atoms with Gasteiger partial charge in [-0.3, -0.25) is 9.78 Å². The van der Waals surface area contributed by atoms with Crippen LogP contribution >= 0.6 is 11.3 Å². The van der Waals surface area contributed by atoms with Crippen molar-refractivity contribution in [3.05, 3.63) is 63.5 Å². The third-order valence-corrected chi connectivity index (χ3v) is 5.18. The number of carbonyl (C=O) groups excluding carboxylic acids is 1. The van der Waals surface area contributed by atoms with E-state index < -0.39 is 0 Å². The van der Waals surface area contributed by atoms with Gasteiger partial charge in [-0.05, 0) is 48.9 Å². The highest BCUT2D eigenvalue weighted by Crippen LogP contribution is 2.40. The number of hydrogen-bond acceptors (Lipinski definition) is 4. The lowest BCUT2D eigenvalue weighted by Crippen LogP contribution is -2.18. The van der Waals surface area contributed by atoms with Crippen LogP contribution in [0.3, 0.4) is 0 Å². The monoisotopic (exact) mass is 335 g/mol. The van der Waals surface area contributed by atoms with Gasteiger partial charge in [0.15, 0.2) is 0 Å². The first-order valence-electron chi connectivity index (χ1n) is 7.99. The number of amides is 1. The number of nitrogens with zero attached hydrogens (tertiary/aromatic N) is 2. The maximum absolute atomic E-state index is 12.6. The van der Waals surface area contributed by atoms with Crippen molar-refractivity contribution in [2.24, 2.45) is 5.10 Å². The quantitative estimate of drug-likeness (QED) is 0.572. The number of thiophene rings is 1. The molecular weight excluding hydrogens is 318 g/mol. The van der Waals surface area contributed by atoms with Gasteiger partial charge in [0.1, 0.15) is 0 Å². The van der Waals surface area contributed by atoms with Gasteiger partial charge >= 0.3 is 0 Å². The molecule has 3 aromatic rings. The molecule has 0 bridgehead atoms. The van der Waals surface area contributed by atoms with Gasteiger partial charge in [-0.2, -0.15) is 5.10 Å². The summed E-state index contributed by atoms with van der Waals surface area (Å²) in [4.78, 5) is 18.4. The second kappa shape index (κ2) is 6.17. The zero-order chi connectivity index (χ0) is 16.5. The summed E-state index contributed by atoms with van der Waals surface area (Å²) >= 11 is 1.60. The summed E-state index contributed by atoms with van der Waals surface area (Å²) in [5, 5.41) is 6.99. The molecule has 1 aromatic carbocycles. The molecule has 1 saturated carbocycles. The molecule has 2 heterocycles. The molecule has 1 N–H and O–H groups in total. The first kappa shape index (κ1) is 15.0. The molecule has 0 saturated heterocycles. The normalized spacial score (nSPS) is 14.4. The molecule has 1 aliphatic rings. The van der Waals surface area contributed by atoms with Gasteiger partial charge < -0.3 is 0 Å². The van der Waals surface area contributed by atoms with Gasteiger partial charge in [0.05, 0.1) is 17.3 Å². The first-order chi connectivity index (χ1) is 11.7. The summed E-state index contributed by atoms with van der Waals surface area (Å²) in [6, 6.07) is 11.7. The number of aryl methyl sites for hydroxylation is 1. The molecular formula is C19H17N3OS. The predicted molar refractivity (Wildman–Crippen MR) is 97.8 cm³/mol. The Balaban J connectivity index is 1.63. The van der Waals surface area contributed by atoms with E-state index in [1.807, 2.05) is 48.7 Å². The zero-order valence-electron chi connectivity index (χ0n) is 13.3. The Labute approximate surface area is 144 Å². The summed E-state index contributed by atoms with van der Waals surface area (Å²) in [6.45, 7) is 2.03. The molecule has 4 rings (SSSR count). The molecule has 24 heavy (non-hydrogen) atoms. The Kier molecular flexibility index (Phi) is 3.86. The summed E-state index contributed by atoms with van der Waals surface area (Å²) < 4.78 is 0. The largest absolute Gasteiger partial charge is 0.272 e. The topological polar surface area (TPSA) is 54.4 Å². The maximum atomic E-state index is 12.6. The fourth-order valence-corrected chi connectivity index (χ4v) is 3.48. The van der Waals surface area contributed by atoms with Crippen LogP contribution in [0.4, 0.5) is 0 Å². The lowest BCUT2D eigenvalue weighted by Gasteiger charge is -2.08. The molecule has 4 nitrogen and oxygen atoms in total. The van der Waals surface area contributed by atoms with E-state index in [1.165, 1.54) is 0 Å². The molecule has 0 aliphatic heterocycles. The van der Waals surface area contributed by atoms with Gasteiger partial charge in [-0.25, -0.2) is 5.43 Å². The number of rotatable bonds is 4. The Morgan fingerprint density at radius 3 is 2.92 bits per heavy atom. The van der Waals surface area contributed by atoms with E-state index in [-0.39, 0.29) is 5.91 Å². The summed E-state index contributed by atoms with van der Waals surface area (Å²) in [5.41, 5.74) is 6.33. The number of para-hydroxylation sites is 1. The van der Waals surface area contributed by atoms with E-state index in [0.29, 0.717) is 11.5 Å². The van der Waals surface area contributed by atoms with Crippen LogP contribution in [0.2, 0.25) is 0 Å². The van der Waals surface area contributed by atoms with Crippen LogP contribution in [0.1, 0.15) is 45.3 Å². The van der Waals surface area contributed by atoms with Crippen molar-refractivity contribution in [1.82, 2.24) is 10.4 Å². The molecule has 5 heteroatoms. The zero-order valence-corrected chi connectivity index (χ0v) is 14.1. The number of hydrazone groups is 1. The Hall–Kier alpha value is -2.53. The van der Waals surface area contributed by atoms with E-state index in [1.54, 1.807) is 17.6 Å². The van der Waals surface area contributed by atoms with Crippen molar-refractivity contribution >= 4 is 34.4 Å². The maximum Gasteiger partial charge on any atom is 0.272 e. The van der Waals surface area contributed by atoms with E-state index >= 15 is 0 Å². The second-order valence-electron chi connectivity index (χ2n) is 6.05. The highest BCUT2D eigenvalue weighted by Gasteiger charge is 2.26. The van der Waals surface area contributed by atoms with Crippen LogP contribution in [0.15, 0.2) is 46.9 Å². The van der Waals surface area contributed by atoms with Gasteiger partial charge in [0, 0.05) is 21.9 Å². The van der Waals surface area contributed by atoms with Crippen molar-refractivity contribution in [2.75, 3.05) is 0 Å². The molecule has 0 radical (unpaired) electrons. The van der Waals surface area contributed by atoms with Gasteiger partial charge in [0.25, 0.3) is 5.91 Å². The SMILES string of the molecule is Cc1ccsc1/C=N\NC(=O)c1cc(C2CC2)nc2ccccc12. The minimum absolute atomic E-state index is 0.194. The van der Waals surface area contributed by atoms with Crippen LogP contribution in [-0.2, 0) is 0 Å². The molecule has 1 fully saturated rings. The highest BCUT2D eigenvalue weighted by atomic mass is 32.1. The number of fused-ring (bicyclic) bond motifs is 1. The van der Waals surface area contributed by atoms with Crippen LogP contribution in [0.5, 0.6) is 0 Å². The summed E-state index contributed by atoms with van der Waals surface area (Å²) in [5.74, 6) is 0.305. The van der Waals surface area contributed by atoms with E-state index in [9.17, 15) is 4.79 Å². The number of aromatic nitrogens is 1. The Morgan fingerprint density at radius 2 is 2.17 bits per heavy atom. The summed E-state index contributed by atoms with van der Waals surface area (Å²) in [7, 11) is 0. The second-order valence-corrected chi connectivity index (χ2v) is 7.00. The lowest BCUT2D eigenvalue weighted by molar-refractivity contribution is 0.0956. The third-order valence-electron chi connectivity index (χ3n) is 4.23. The van der Waals surface area contributed by atoms with Crippen molar-refractivity contribution in [3.63, 3.8) is 0 Å². The third kappa shape index (κ3) is 2.95. The van der Waals surface area contributed by atoms with Gasteiger partial charge in [0.2, 0.25) is 0 Å². The van der Waals surface area contributed by atoms with Crippen molar-refractivity contribution in [3.8, 4) is 0 Å². The molecule has 1 aliphatic carbocycles.